The van der Waals surface area contributed by atoms with Crippen molar-refractivity contribution in [3.8, 4) is 0 Å². The van der Waals surface area contributed by atoms with Crippen LogP contribution in [0.15, 0.2) is 22.1 Å². The van der Waals surface area contributed by atoms with Crippen molar-refractivity contribution < 1.29 is 20.4 Å². The fourth-order valence-electron chi connectivity index (χ4n) is 0.447. The first-order valence-electron chi connectivity index (χ1n) is 2.94. The van der Waals surface area contributed by atoms with Crippen molar-refractivity contribution in [2.45, 2.75) is 13.3 Å². The molecule has 1 rings (SSSR count). The van der Waals surface area contributed by atoms with E-state index in [1.165, 1.54) is 14.7 Å². The molecule has 9 heavy (non-hydrogen) atoms. The Kier molecular flexibility index (Phi) is 7.76. The van der Waals surface area contributed by atoms with Gasteiger partial charge < -0.3 is 0 Å². The standard InChI is InChI=1S/C5H5.C2H5I.Ti/c1-2-4-5-3-1;1-2-3;/h1-3H,4H2;2H2,1H3;. The van der Waals surface area contributed by atoms with Crippen molar-refractivity contribution in [1.29, 1.82) is 0 Å². The molecule has 49 valence electrons. The van der Waals surface area contributed by atoms with Gasteiger partial charge in [0.1, 0.15) is 0 Å². The molecule has 0 spiro atoms. The number of rotatable bonds is 0. The molecule has 0 heterocycles. The van der Waals surface area contributed by atoms with E-state index in [1.54, 1.807) is 0 Å². The van der Waals surface area contributed by atoms with E-state index in [0.29, 0.717) is 0 Å². The van der Waals surface area contributed by atoms with Gasteiger partial charge in [-0.2, -0.15) is 0 Å². The summed E-state index contributed by atoms with van der Waals surface area (Å²) in [6, 6.07) is 0. The number of hydrogen-bond acceptors (Lipinski definition) is 0. The third kappa shape index (κ3) is 6.81. The summed E-state index contributed by atoms with van der Waals surface area (Å²) < 4.78 is 2.69. The molecule has 0 nitrogen and oxygen atoms in total. The van der Waals surface area contributed by atoms with Crippen LogP contribution in [-0.2, 0) is 20.4 Å². The summed E-state index contributed by atoms with van der Waals surface area (Å²) >= 11 is 4.43. The van der Waals surface area contributed by atoms with Crippen LogP contribution in [0.5, 0.6) is 0 Å². The van der Waals surface area contributed by atoms with Crippen molar-refractivity contribution in [2.75, 3.05) is 4.43 Å². The van der Waals surface area contributed by atoms with Crippen LogP contribution in [0.25, 0.3) is 0 Å². The van der Waals surface area contributed by atoms with Gasteiger partial charge in [0.25, 0.3) is 0 Å². The van der Waals surface area contributed by atoms with Gasteiger partial charge in [-0.1, -0.05) is 29.5 Å². The molecule has 1 aliphatic carbocycles. The molecule has 0 aliphatic heterocycles. The van der Waals surface area contributed by atoms with Crippen molar-refractivity contribution in [3.63, 3.8) is 0 Å². The van der Waals surface area contributed by atoms with Crippen LogP contribution in [0.3, 0.4) is 0 Å². The minimum absolute atomic E-state index is 1.17. The van der Waals surface area contributed by atoms with Gasteiger partial charge >= 0.3 is 49.0 Å². The zero-order chi connectivity index (χ0) is 7.11. The van der Waals surface area contributed by atoms with Crippen molar-refractivity contribution >= 4 is 22.6 Å². The third-order valence-electron chi connectivity index (χ3n) is 0.771. The first-order chi connectivity index (χ1) is 4.31. The number of allylic oxidation sites excluding steroid dienone is 4. The third-order valence-corrected chi connectivity index (χ3v) is 1.35. The molecular weight excluding hydrogens is 259 g/mol. The molecule has 0 bridgehead atoms. The van der Waals surface area contributed by atoms with Crippen LogP contribution in [0.4, 0.5) is 0 Å². The Hall–Kier alpha value is 0.924. The Morgan fingerprint density at radius 1 is 1.78 bits per heavy atom. The average Bonchev–Trinajstić information content (AvgIpc) is 2.20. The van der Waals surface area contributed by atoms with Gasteiger partial charge in [0.05, 0.1) is 0 Å². The maximum atomic E-state index is 2.29. The molecule has 0 aromatic heterocycles. The first kappa shape index (κ1) is 9.92. The Balaban J connectivity index is 0.000000187. The van der Waals surface area contributed by atoms with E-state index in [1.807, 2.05) is 0 Å². The number of alkyl halides is 1. The normalized spacial score (nSPS) is 14.1. The van der Waals surface area contributed by atoms with E-state index in [2.05, 4.69) is 68.2 Å². The Labute approximate surface area is 82.3 Å². The summed E-state index contributed by atoms with van der Waals surface area (Å²) in [5, 5.41) is 0. The topological polar surface area (TPSA) is 0 Å². The maximum absolute atomic E-state index is 2.29. The van der Waals surface area contributed by atoms with Crippen molar-refractivity contribution in [3.05, 3.63) is 22.1 Å². The van der Waals surface area contributed by atoms with Crippen LogP contribution < -0.4 is 0 Å². The van der Waals surface area contributed by atoms with Crippen LogP contribution in [0.1, 0.15) is 13.3 Å². The number of halogens is 1. The predicted molar refractivity (Wildman–Crippen MR) is 46.4 cm³/mol. The number of hydrogen-bond donors (Lipinski definition) is 0. The van der Waals surface area contributed by atoms with Gasteiger partial charge in [-0.05, 0) is 4.43 Å². The van der Waals surface area contributed by atoms with Crippen LogP contribution in [0, 0.1) is 0 Å². The van der Waals surface area contributed by atoms with Crippen LogP contribution in [0.2, 0.25) is 0 Å². The summed E-state index contributed by atoms with van der Waals surface area (Å²) in [7, 11) is 0. The Morgan fingerprint density at radius 3 is 2.44 bits per heavy atom. The molecule has 0 atom stereocenters. The van der Waals surface area contributed by atoms with Gasteiger partial charge in [0, 0.05) is 0 Å². The summed E-state index contributed by atoms with van der Waals surface area (Å²) in [5.41, 5.74) is 0. The van der Waals surface area contributed by atoms with E-state index in [4.69, 9.17) is 0 Å². The molecule has 1 aliphatic rings. The van der Waals surface area contributed by atoms with Crippen LogP contribution >= 0.6 is 22.6 Å². The predicted octanol–water partition coefficient (Wildman–Crippen LogP) is 2.82. The summed E-state index contributed by atoms with van der Waals surface area (Å²) in [6.07, 6.45) is 7.56. The van der Waals surface area contributed by atoms with E-state index in [-0.39, 0.29) is 0 Å². The van der Waals surface area contributed by atoms with E-state index in [9.17, 15) is 0 Å². The second-order valence-electron chi connectivity index (χ2n) is 1.59. The molecule has 0 radical (unpaired) electrons. The second-order valence-corrected chi connectivity index (χ2v) is 4.12. The molecule has 0 unspecified atom stereocenters. The Morgan fingerprint density at radius 2 is 2.33 bits per heavy atom. The molecule has 0 saturated carbocycles. The fourth-order valence-corrected chi connectivity index (χ4v) is 0.782. The average molecular weight is 269 g/mol. The fraction of sp³-hybridized carbons (Fsp3) is 0.429. The molecule has 0 N–H and O–H groups in total. The van der Waals surface area contributed by atoms with Gasteiger partial charge in [-0.3, -0.25) is 0 Å². The van der Waals surface area contributed by atoms with Gasteiger partial charge in [-0.25, -0.2) is 0 Å². The second kappa shape index (κ2) is 7.04. The monoisotopic (exact) mass is 269 g/mol. The van der Waals surface area contributed by atoms with Crippen LogP contribution in [-0.4, -0.2) is 4.43 Å². The zero-order valence-corrected chi connectivity index (χ0v) is 9.24. The summed E-state index contributed by atoms with van der Waals surface area (Å²) in [4.78, 5) is 0. The van der Waals surface area contributed by atoms with E-state index in [0.717, 1.165) is 0 Å². The van der Waals surface area contributed by atoms with Gasteiger partial charge in [-0.15, -0.1) is 0 Å². The quantitative estimate of drug-likeness (QED) is 0.360. The van der Waals surface area contributed by atoms with Gasteiger partial charge in [0.2, 0.25) is 0 Å². The molecular formula is C7H10ITi. The first-order valence-corrected chi connectivity index (χ1v) is 5.25. The summed E-state index contributed by atoms with van der Waals surface area (Å²) in [6.45, 7) is 2.11. The molecule has 0 aromatic rings. The molecule has 0 aromatic carbocycles. The molecule has 2 heteroatoms. The molecule has 0 fully saturated rings. The molecule has 0 saturated heterocycles. The summed E-state index contributed by atoms with van der Waals surface area (Å²) in [5.74, 6) is 0. The zero-order valence-electron chi connectivity index (χ0n) is 5.52. The van der Waals surface area contributed by atoms with Crippen molar-refractivity contribution in [1.82, 2.24) is 0 Å². The van der Waals surface area contributed by atoms with E-state index < -0.39 is 0 Å². The minimum atomic E-state index is 1.17. The Bertz CT molecular complexity index is 116. The SMILES string of the molecule is CCI.[Ti][C]1=CC=CC1. The van der Waals surface area contributed by atoms with E-state index >= 15 is 0 Å². The molecule has 0 amide bonds. The van der Waals surface area contributed by atoms with Crippen molar-refractivity contribution in [2.24, 2.45) is 0 Å². The van der Waals surface area contributed by atoms with Gasteiger partial charge in [0.15, 0.2) is 0 Å².